The normalized spacial score (nSPS) is 18.6. The summed E-state index contributed by atoms with van der Waals surface area (Å²) in [4.78, 5) is 4.45. The zero-order valence-corrected chi connectivity index (χ0v) is 12.0. The van der Waals surface area contributed by atoms with Crippen LogP contribution in [0.4, 0.5) is 0 Å². The lowest BCUT2D eigenvalue weighted by Crippen LogP contribution is -2.42. The van der Waals surface area contributed by atoms with Crippen molar-refractivity contribution in [2.45, 2.75) is 18.9 Å². The molecule has 1 aromatic heterocycles. The maximum absolute atomic E-state index is 5.42. The lowest BCUT2D eigenvalue weighted by atomic mass is 10.1. The molecule has 1 N–H and O–H groups in total. The summed E-state index contributed by atoms with van der Waals surface area (Å²) in [6.07, 6.45) is 1.29. The van der Waals surface area contributed by atoms with E-state index in [4.69, 9.17) is 14.0 Å². The molecule has 3 rings (SSSR count). The molecule has 1 fully saturated rings. The smallest absolute Gasteiger partial charge is 0.228 e. The molecule has 112 valence electrons. The molecule has 6 nitrogen and oxygen atoms in total. The second-order valence-corrected chi connectivity index (χ2v) is 5.02. The van der Waals surface area contributed by atoms with Gasteiger partial charge in [0.1, 0.15) is 5.75 Å². The molecule has 1 saturated heterocycles. The summed E-state index contributed by atoms with van der Waals surface area (Å²) in [5.41, 5.74) is 1.05. The number of methoxy groups -OCH3 is 1. The van der Waals surface area contributed by atoms with Gasteiger partial charge in [-0.05, 0) is 6.07 Å². The highest BCUT2D eigenvalue weighted by atomic mass is 16.5. The van der Waals surface area contributed by atoms with Crippen molar-refractivity contribution in [3.05, 3.63) is 41.5 Å². The van der Waals surface area contributed by atoms with Gasteiger partial charge in [0, 0.05) is 31.0 Å². The summed E-state index contributed by atoms with van der Waals surface area (Å²) >= 11 is 0. The lowest BCUT2D eigenvalue weighted by molar-refractivity contribution is 0.0744. The van der Waals surface area contributed by atoms with Crippen LogP contribution in [0.2, 0.25) is 0 Å². The fraction of sp³-hybridized carbons (Fsp3) is 0.467. The molecule has 0 amide bonds. The van der Waals surface area contributed by atoms with Crippen LogP contribution < -0.4 is 10.1 Å². The topological polar surface area (TPSA) is 69.4 Å². The van der Waals surface area contributed by atoms with Crippen LogP contribution in [0.5, 0.6) is 5.75 Å². The predicted molar refractivity (Wildman–Crippen MR) is 76.4 cm³/mol. The van der Waals surface area contributed by atoms with E-state index < -0.39 is 0 Å². The van der Waals surface area contributed by atoms with Gasteiger partial charge in [-0.15, -0.1) is 0 Å². The number of aromatic nitrogens is 2. The second-order valence-electron chi connectivity index (χ2n) is 5.02. The minimum absolute atomic E-state index is 0.248. The minimum atomic E-state index is 0.248. The fourth-order valence-electron chi connectivity index (χ4n) is 2.43. The number of hydrogen-bond acceptors (Lipinski definition) is 6. The van der Waals surface area contributed by atoms with Crippen molar-refractivity contribution in [3.8, 4) is 5.75 Å². The Hall–Kier alpha value is -1.92. The van der Waals surface area contributed by atoms with Crippen molar-refractivity contribution < 1.29 is 14.0 Å². The molecule has 1 unspecified atom stereocenters. The number of morpholine rings is 1. The van der Waals surface area contributed by atoms with E-state index in [1.54, 1.807) is 7.11 Å². The van der Waals surface area contributed by atoms with Gasteiger partial charge in [-0.2, -0.15) is 4.98 Å². The molecule has 0 saturated carbocycles. The first-order chi connectivity index (χ1) is 10.3. The number of nitrogens with zero attached hydrogens (tertiary/aromatic N) is 2. The van der Waals surface area contributed by atoms with E-state index in [0.29, 0.717) is 31.2 Å². The SMILES string of the molecule is COc1ccccc1Cc1noc(CC2COCCN2)n1. The number of hydrogen-bond donors (Lipinski definition) is 1. The van der Waals surface area contributed by atoms with Gasteiger partial charge in [-0.3, -0.25) is 0 Å². The van der Waals surface area contributed by atoms with Crippen LogP contribution in [0.1, 0.15) is 17.3 Å². The minimum Gasteiger partial charge on any atom is -0.496 e. The molecule has 2 heterocycles. The standard InChI is InChI=1S/C15H19N3O3/c1-19-13-5-3-2-4-11(13)8-14-17-15(21-18-14)9-12-10-20-7-6-16-12/h2-5,12,16H,6-10H2,1H3. The lowest BCUT2D eigenvalue weighted by Gasteiger charge is -2.22. The van der Waals surface area contributed by atoms with Gasteiger partial charge in [0.05, 0.1) is 20.3 Å². The van der Waals surface area contributed by atoms with Crippen molar-refractivity contribution in [1.82, 2.24) is 15.5 Å². The molecule has 1 aliphatic rings. The molecule has 6 heteroatoms. The molecule has 1 atom stereocenters. The van der Waals surface area contributed by atoms with E-state index in [1.807, 2.05) is 24.3 Å². The molecule has 1 aromatic carbocycles. The van der Waals surface area contributed by atoms with Gasteiger partial charge in [0.25, 0.3) is 0 Å². The molecule has 0 radical (unpaired) electrons. The van der Waals surface area contributed by atoms with Gasteiger partial charge in [-0.25, -0.2) is 0 Å². The zero-order valence-electron chi connectivity index (χ0n) is 12.0. The van der Waals surface area contributed by atoms with Gasteiger partial charge >= 0.3 is 0 Å². The summed E-state index contributed by atoms with van der Waals surface area (Å²) in [5, 5.41) is 7.41. The largest absolute Gasteiger partial charge is 0.496 e. The van der Waals surface area contributed by atoms with Crippen molar-refractivity contribution in [2.24, 2.45) is 0 Å². The van der Waals surface area contributed by atoms with Crippen LogP contribution in [0.15, 0.2) is 28.8 Å². The fourth-order valence-corrected chi connectivity index (χ4v) is 2.43. The molecule has 0 spiro atoms. The highest BCUT2D eigenvalue weighted by Crippen LogP contribution is 2.20. The second kappa shape index (κ2) is 6.69. The molecule has 1 aliphatic heterocycles. The van der Waals surface area contributed by atoms with E-state index in [2.05, 4.69) is 15.5 Å². The molecule has 0 aliphatic carbocycles. The van der Waals surface area contributed by atoms with Crippen LogP contribution >= 0.6 is 0 Å². The molecular weight excluding hydrogens is 270 g/mol. The van der Waals surface area contributed by atoms with Crippen molar-refractivity contribution in [3.63, 3.8) is 0 Å². The van der Waals surface area contributed by atoms with E-state index in [1.165, 1.54) is 0 Å². The van der Waals surface area contributed by atoms with E-state index >= 15 is 0 Å². The van der Waals surface area contributed by atoms with Crippen molar-refractivity contribution in [2.75, 3.05) is 26.9 Å². The van der Waals surface area contributed by atoms with Crippen LogP contribution in [0.25, 0.3) is 0 Å². The molecule has 2 aromatic rings. The number of nitrogens with one attached hydrogen (secondary N) is 1. The first-order valence-electron chi connectivity index (χ1n) is 7.09. The Morgan fingerprint density at radius 1 is 1.38 bits per heavy atom. The average Bonchev–Trinajstić information content (AvgIpc) is 2.96. The van der Waals surface area contributed by atoms with Gasteiger partial charge < -0.3 is 19.3 Å². The summed E-state index contributed by atoms with van der Waals surface area (Å²) < 4.78 is 16.1. The van der Waals surface area contributed by atoms with Crippen molar-refractivity contribution in [1.29, 1.82) is 0 Å². The summed E-state index contributed by atoms with van der Waals surface area (Å²) in [6, 6.07) is 8.10. The Bertz CT molecular complexity index is 579. The quantitative estimate of drug-likeness (QED) is 0.892. The van der Waals surface area contributed by atoms with Crippen LogP contribution in [0, 0.1) is 0 Å². The Morgan fingerprint density at radius 2 is 2.29 bits per heavy atom. The number of ether oxygens (including phenoxy) is 2. The van der Waals surface area contributed by atoms with Crippen molar-refractivity contribution >= 4 is 0 Å². The highest BCUT2D eigenvalue weighted by Gasteiger charge is 2.17. The van der Waals surface area contributed by atoms with E-state index in [9.17, 15) is 0 Å². The third kappa shape index (κ3) is 3.59. The third-order valence-electron chi connectivity index (χ3n) is 3.47. The van der Waals surface area contributed by atoms with E-state index in [-0.39, 0.29) is 6.04 Å². The predicted octanol–water partition coefficient (Wildman–Crippen LogP) is 1.20. The first-order valence-corrected chi connectivity index (χ1v) is 7.09. The van der Waals surface area contributed by atoms with Crippen LogP contribution in [-0.2, 0) is 17.6 Å². The summed E-state index contributed by atoms with van der Waals surface area (Å²) in [7, 11) is 1.66. The van der Waals surface area contributed by atoms with Gasteiger partial charge in [0.2, 0.25) is 5.89 Å². The van der Waals surface area contributed by atoms with Gasteiger partial charge in [-0.1, -0.05) is 23.4 Å². The zero-order chi connectivity index (χ0) is 14.5. The highest BCUT2D eigenvalue weighted by molar-refractivity contribution is 5.35. The van der Waals surface area contributed by atoms with Gasteiger partial charge in [0.15, 0.2) is 5.82 Å². The number of benzene rings is 1. The molecular formula is C15H19N3O3. The number of para-hydroxylation sites is 1. The Kier molecular flexibility index (Phi) is 4.47. The van der Waals surface area contributed by atoms with Crippen LogP contribution in [0.3, 0.4) is 0 Å². The maximum atomic E-state index is 5.42. The Morgan fingerprint density at radius 3 is 3.10 bits per heavy atom. The Balaban J connectivity index is 1.64. The Labute approximate surface area is 123 Å². The van der Waals surface area contributed by atoms with Crippen LogP contribution in [-0.4, -0.2) is 43.1 Å². The summed E-state index contributed by atoms with van der Waals surface area (Å²) in [5.74, 6) is 2.15. The maximum Gasteiger partial charge on any atom is 0.228 e. The summed E-state index contributed by atoms with van der Waals surface area (Å²) in [6.45, 7) is 2.32. The monoisotopic (exact) mass is 289 g/mol. The van der Waals surface area contributed by atoms with E-state index in [0.717, 1.165) is 24.5 Å². The third-order valence-corrected chi connectivity index (χ3v) is 3.47. The average molecular weight is 289 g/mol. The molecule has 21 heavy (non-hydrogen) atoms. The number of rotatable bonds is 5. The molecule has 0 bridgehead atoms. The first kappa shape index (κ1) is 14.0.